The summed E-state index contributed by atoms with van der Waals surface area (Å²) in [4.78, 5) is 23.2. The molecule has 0 aliphatic carbocycles. The summed E-state index contributed by atoms with van der Waals surface area (Å²) in [6, 6.07) is 5.51. The Balaban J connectivity index is 1.60. The molecule has 1 saturated heterocycles. The zero-order valence-corrected chi connectivity index (χ0v) is 15.5. The van der Waals surface area contributed by atoms with Crippen molar-refractivity contribution in [2.24, 2.45) is 0 Å². The highest BCUT2D eigenvalue weighted by molar-refractivity contribution is 7.12. The lowest BCUT2D eigenvalue weighted by atomic mass is 9.91. The van der Waals surface area contributed by atoms with Gasteiger partial charge in [-0.1, -0.05) is 11.6 Å². The molecule has 4 rings (SSSR count). The standard InChI is InChI=1S/C18H19ClN4OS/c1-23-7-4-11(5-8-23)12-10-20-14-2-3-15(21-16(12)14)22-18(24)17-13(19)6-9-25-17/h2-3,6,9-11,20H,4-5,7-8H2,1H3,(H,21,22,24). The molecule has 0 saturated carbocycles. The summed E-state index contributed by atoms with van der Waals surface area (Å²) in [6.07, 6.45) is 4.33. The number of amides is 1. The SMILES string of the molecule is CN1CCC(c2c[nH]c3ccc(NC(=O)c4sccc4Cl)nc23)CC1. The molecule has 0 aromatic carbocycles. The van der Waals surface area contributed by atoms with Crippen LogP contribution in [0.3, 0.4) is 0 Å². The highest BCUT2D eigenvalue weighted by atomic mass is 35.5. The van der Waals surface area contributed by atoms with Gasteiger partial charge in [0.15, 0.2) is 0 Å². The van der Waals surface area contributed by atoms with Gasteiger partial charge in [0.25, 0.3) is 5.91 Å². The number of hydrogen-bond acceptors (Lipinski definition) is 4. The molecule has 0 spiro atoms. The van der Waals surface area contributed by atoms with Gasteiger partial charge in [0.2, 0.25) is 0 Å². The van der Waals surface area contributed by atoms with Crippen LogP contribution in [0.2, 0.25) is 5.02 Å². The monoisotopic (exact) mass is 374 g/mol. The summed E-state index contributed by atoms with van der Waals surface area (Å²) in [6.45, 7) is 2.20. The molecule has 7 heteroatoms. The first-order chi connectivity index (χ1) is 12.1. The predicted octanol–water partition coefficient (Wildman–Crippen LogP) is 4.34. The van der Waals surface area contributed by atoms with Crippen LogP contribution in [0, 0.1) is 0 Å². The van der Waals surface area contributed by atoms with E-state index in [4.69, 9.17) is 16.6 Å². The molecule has 0 radical (unpaired) electrons. The van der Waals surface area contributed by atoms with E-state index in [-0.39, 0.29) is 5.91 Å². The number of carbonyl (C=O) groups excluding carboxylic acids is 1. The van der Waals surface area contributed by atoms with Gasteiger partial charge >= 0.3 is 0 Å². The van der Waals surface area contributed by atoms with E-state index >= 15 is 0 Å². The maximum Gasteiger partial charge on any atom is 0.268 e. The number of carbonyl (C=O) groups is 1. The van der Waals surface area contributed by atoms with Gasteiger partial charge in [-0.2, -0.15) is 0 Å². The van der Waals surface area contributed by atoms with Crippen molar-refractivity contribution in [2.45, 2.75) is 18.8 Å². The van der Waals surface area contributed by atoms with Crippen LogP contribution in [-0.2, 0) is 0 Å². The third-order valence-electron chi connectivity index (χ3n) is 4.78. The zero-order chi connectivity index (χ0) is 17.4. The van der Waals surface area contributed by atoms with E-state index in [1.54, 1.807) is 11.4 Å². The largest absolute Gasteiger partial charge is 0.360 e. The topological polar surface area (TPSA) is 61.0 Å². The molecule has 1 amide bonds. The number of aromatic nitrogens is 2. The Bertz CT molecular complexity index is 911. The molecular weight excluding hydrogens is 356 g/mol. The molecule has 1 fully saturated rings. The molecule has 0 bridgehead atoms. The highest BCUT2D eigenvalue weighted by Gasteiger charge is 2.22. The van der Waals surface area contributed by atoms with Crippen LogP contribution in [0.15, 0.2) is 29.8 Å². The average molecular weight is 375 g/mol. The number of fused-ring (bicyclic) bond motifs is 1. The summed E-state index contributed by atoms with van der Waals surface area (Å²) in [5, 5.41) is 5.13. The summed E-state index contributed by atoms with van der Waals surface area (Å²) in [5.74, 6) is 0.842. The predicted molar refractivity (Wildman–Crippen MR) is 103 cm³/mol. The lowest BCUT2D eigenvalue weighted by Crippen LogP contribution is -2.29. The van der Waals surface area contributed by atoms with Crippen LogP contribution in [-0.4, -0.2) is 40.9 Å². The molecule has 25 heavy (non-hydrogen) atoms. The Morgan fingerprint density at radius 1 is 1.36 bits per heavy atom. The van der Waals surface area contributed by atoms with E-state index in [0.717, 1.165) is 37.0 Å². The number of nitrogens with one attached hydrogen (secondary N) is 2. The summed E-state index contributed by atoms with van der Waals surface area (Å²) >= 11 is 7.36. The number of thiophene rings is 1. The van der Waals surface area contributed by atoms with Gasteiger partial charge in [-0.3, -0.25) is 4.79 Å². The fourth-order valence-corrected chi connectivity index (χ4v) is 4.38. The van der Waals surface area contributed by atoms with Crippen LogP contribution in [0.5, 0.6) is 0 Å². The number of pyridine rings is 1. The van der Waals surface area contributed by atoms with E-state index in [1.165, 1.54) is 16.9 Å². The Kier molecular flexibility index (Phi) is 4.50. The number of hydrogen-bond donors (Lipinski definition) is 2. The minimum atomic E-state index is -0.219. The van der Waals surface area contributed by atoms with Gasteiger partial charge < -0.3 is 15.2 Å². The van der Waals surface area contributed by atoms with E-state index < -0.39 is 0 Å². The Morgan fingerprint density at radius 2 is 2.16 bits per heavy atom. The van der Waals surface area contributed by atoms with Crippen molar-refractivity contribution in [3.8, 4) is 0 Å². The first-order valence-electron chi connectivity index (χ1n) is 8.33. The Labute approximate surface area is 155 Å². The Hall–Kier alpha value is -1.89. The minimum Gasteiger partial charge on any atom is -0.360 e. The molecule has 1 aliphatic heterocycles. The van der Waals surface area contributed by atoms with Crippen molar-refractivity contribution >= 4 is 45.7 Å². The zero-order valence-electron chi connectivity index (χ0n) is 13.9. The number of rotatable bonds is 3. The smallest absolute Gasteiger partial charge is 0.268 e. The van der Waals surface area contributed by atoms with Crippen molar-refractivity contribution in [1.29, 1.82) is 0 Å². The van der Waals surface area contributed by atoms with Crippen LogP contribution < -0.4 is 5.32 Å². The van der Waals surface area contributed by atoms with Crippen molar-refractivity contribution in [2.75, 3.05) is 25.5 Å². The van der Waals surface area contributed by atoms with Crippen molar-refractivity contribution in [3.05, 3.63) is 45.2 Å². The maximum absolute atomic E-state index is 12.4. The van der Waals surface area contributed by atoms with Crippen molar-refractivity contribution in [3.63, 3.8) is 0 Å². The molecular formula is C18H19ClN4OS. The van der Waals surface area contributed by atoms with Gasteiger partial charge in [-0.05, 0) is 68.0 Å². The van der Waals surface area contributed by atoms with E-state index in [2.05, 4.69) is 28.4 Å². The van der Waals surface area contributed by atoms with Crippen molar-refractivity contribution < 1.29 is 4.79 Å². The lowest BCUT2D eigenvalue weighted by molar-refractivity contribution is 0.103. The number of H-pyrrole nitrogens is 1. The number of halogens is 1. The first kappa shape index (κ1) is 16.6. The lowest BCUT2D eigenvalue weighted by Gasteiger charge is -2.28. The Morgan fingerprint density at radius 3 is 2.88 bits per heavy atom. The molecule has 130 valence electrons. The quantitative estimate of drug-likeness (QED) is 0.716. The number of aromatic amines is 1. The third kappa shape index (κ3) is 3.29. The summed E-state index contributed by atoms with van der Waals surface area (Å²) in [5.41, 5.74) is 3.19. The van der Waals surface area contributed by atoms with E-state index in [0.29, 0.717) is 21.6 Å². The number of piperidine rings is 1. The van der Waals surface area contributed by atoms with Crippen molar-refractivity contribution in [1.82, 2.24) is 14.9 Å². The molecule has 0 unspecified atom stereocenters. The minimum absolute atomic E-state index is 0.219. The molecule has 1 aliphatic rings. The molecule has 4 heterocycles. The van der Waals surface area contributed by atoms with Gasteiger partial charge in [-0.25, -0.2) is 4.98 Å². The number of likely N-dealkylation sites (tertiary alicyclic amines) is 1. The molecule has 2 N–H and O–H groups in total. The van der Waals surface area contributed by atoms with Crippen LogP contribution in [0.25, 0.3) is 11.0 Å². The van der Waals surface area contributed by atoms with Gasteiger partial charge in [0.1, 0.15) is 10.7 Å². The molecule has 5 nitrogen and oxygen atoms in total. The molecule has 3 aromatic rings. The first-order valence-corrected chi connectivity index (χ1v) is 9.58. The molecule has 3 aromatic heterocycles. The van der Waals surface area contributed by atoms with Gasteiger partial charge in [0, 0.05) is 6.20 Å². The summed E-state index contributed by atoms with van der Waals surface area (Å²) in [7, 11) is 2.16. The summed E-state index contributed by atoms with van der Waals surface area (Å²) < 4.78 is 0. The van der Waals surface area contributed by atoms with Gasteiger partial charge in [-0.15, -0.1) is 11.3 Å². The fourth-order valence-electron chi connectivity index (χ4n) is 3.35. The maximum atomic E-state index is 12.4. The normalized spacial score (nSPS) is 16.4. The second-order valence-corrected chi connectivity index (χ2v) is 7.79. The fraction of sp³-hybridized carbons (Fsp3) is 0.333. The van der Waals surface area contributed by atoms with Gasteiger partial charge in [0.05, 0.1) is 16.1 Å². The third-order valence-corrected chi connectivity index (χ3v) is 6.12. The number of anilines is 1. The van der Waals surface area contributed by atoms with Crippen LogP contribution in [0.1, 0.15) is 34.0 Å². The molecule has 0 atom stereocenters. The van der Waals surface area contributed by atoms with Crippen LogP contribution >= 0.6 is 22.9 Å². The number of nitrogens with zero attached hydrogens (tertiary/aromatic N) is 2. The van der Waals surface area contributed by atoms with E-state index in [9.17, 15) is 4.79 Å². The van der Waals surface area contributed by atoms with Crippen LogP contribution in [0.4, 0.5) is 5.82 Å². The second kappa shape index (κ2) is 6.78. The average Bonchev–Trinajstić information content (AvgIpc) is 3.21. The highest BCUT2D eigenvalue weighted by Crippen LogP contribution is 2.32. The van der Waals surface area contributed by atoms with E-state index in [1.807, 2.05) is 12.1 Å². The second-order valence-electron chi connectivity index (χ2n) is 6.47.